The Morgan fingerprint density at radius 1 is 1.55 bits per heavy atom. The van der Waals surface area contributed by atoms with Crippen LogP contribution in [0.5, 0.6) is 0 Å². The quantitative estimate of drug-likeness (QED) is 0.610. The molecule has 2 aromatic rings. The van der Waals surface area contributed by atoms with Crippen LogP contribution in [-0.2, 0) is 6.42 Å². The molecular weight excluding hydrogens is 142 g/mol. The van der Waals surface area contributed by atoms with Crippen molar-refractivity contribution in [2.75, 3.05) is 0 Å². The van der Waals surface area contributed by atoms with Gasteiger partial charge in [0.15, 0.2) is 0 Å². The predicted molar refractivity (Wildman–Crippen MR) is 39.0 cm³/mol. The molecule has 4 heteroatoms. The third kappa shape index (κ3) is 0.869. The highest BCUT2D eigenvalue weighted by Gasteiger charge is 2.04. The number of hydrogen-bond donors (Lipinski definition) is 0. The highest BCUT2D eigenvalue weighted by Crippen LogP contribution is 2.12. The van der Waals surface area contributed by atoms with E-state index >= 15 is 0 Å². The van der Waals surface area contributed by atoms with Gasteiger partial charge in [0.1, 0.15) is 5.52 Å². The van der Waals surface area contributed by atoms with Gasteiger partial charge in [0.25, 0.3) is 0 Å². The van der Waals surface area contributed by atoms with Crippen molar-refractivity contribution in [1.82, 2.24) is 15.4 Å². The van der Waals surface area contributed by atoms with Crippen LogP contribution in [0.2, 0.25) is 0 Å². The van der Waals surface area contributed by atoms with E-state index in [0.29, 0.717) is 5.58 Å². The van der Waals surface area contributed by atoms with Gasteiger partial charge < -0.3 is 4.52 Å². The first-order valence-electron chi connectivity index (χ1n) is 3.47. The highest BCUT2D eigenvalue weighted by molar-refractivity contribution is 5.73. The lowest BCUT2D eigenvalue weighted by atomic mass is 10.3. The van der Waals surface area contributed by atoms with Crippen LogP contribution in [-0.4, -0.2) is 15.4 Å². The molecule has 0 saturated heterocycles. The molecule has 2 heterocycles. The molecule has 0 unspecified atom stereocenters. The van der Waals surface area contributed by atoms with E-state index in [2.05, 4.69) is 15.4 Å². The Hall–Kier alpha value is -1.45. The molecule has 0 aliphatic carbocycles. The molecular formula is C7H7N3O. The van der Waals surface area contributed by atoms with Gasteiger partial charge in [0.2, 0.25) is 5.58 Å². The molecule has 2 rings (SSSR count). The number of rotatable bonds is 1. The minimum absolute atomic E-state index is 0.704. The molecule has 0 atom stereocenters. The van der Waals surface area contributed by atoms with Crippen LogP contribution in [0.4, 0.5) is 0 Å². The van der Waals surface area contributed by atoms with Gasteiger partial charge in [-0.15, -0.1) is 5.10 Å². The molecule has 4 nitrogen and oxygen atoms in total. The predicted octanol–water partition coefficient (Wildman–Crippen LogP) is 1.18. The molecule has 56 valence electrons. The maximum Gasteiger partial charge on any atom is 0.208 e. The van der Waals surface area contributed by atoms with Gasteiger partial charge >= 0.3 is 0 Å². The number of pyridine rings is 1. The maximum atomic E-state index is 4.92. The lowest BCUT2D eigenvalue weighted by molar-refractivity contribution is 0.421. The number of nitrogens with zero attached hydrogens (tertiary/aromatic N) is 3. The minimum Gasteiger partial charge on any atom is -0.335 e. The fourth-order valence-electron chi connectivity index (χ4n) is 1.02. The minimum atomic E-state index is 0.704. The molecule has 0 spiro atoms. The van der Waals surface area contributed by atoms with Crippen molar-refractivity contribution in [1.29, 1.82) is 0 Å². The third-order valence-electron chi connectivity index (χ3n) is 1.57. The van der Waals surface area contributed by atoms with Gasteiger partial charge in [0, 0.05) is 11.5 Å². The van der Waals surface area contributed by atoms with E-state index in [1.54, 1.807) is 12.3 Å². The molecule has 11 heavy (non-hydrogen) atoms. The summed E-state index contributed by atoms with van der Waals surface area (Å²) >= 11 is 0. The van der Waals surface area contributed by atoms with Crippen LogP contribution in [0.1, 0.15) is 12.6 Å². The van der Waals surface area contributed by atoms with Crippen LogP contribution >= 0.6 is 0 Å². The van der Waals surface area contributed by atoms with Crippen molar-refractivity contribution in [3.8, 4) is 0 Å². The topological polar surface area (TPSA) is 51.8 Å². The normalized spacial score (nSPS) is 10.6. The fraction of sp³-hybridized carbons (Fsp3) is 0.286. The Morgan fingerprint density at radius 2 is 2.45 bits per heavy atom. The van der Waals surface area contributed by atoms with Crippen molar-refractivity contribution in [2.45, 2.75) is 13.3 Å². The van der Waals surface area contributed by atoms with E-state index in [1.807, 2.05) is 6.92 Å². The van der Waals surface area contributed by atoms with Crippen molar-refractivity contribution in [3.05, 3.63) is 18.0 Å². The molecule has 0 aromatic carbocycles. The van der Waals surface area contributed by atoms with Crippen molar-refractivity contribution in [2.24, 2.45) is 0 Å². The number of aromatic nitrogens is 3. The van der Waals surface area contributed by atoms with Crippen molar-refractivity contribution >= 4 is 11.1 Å². The third-order valence-corrected chi connectivity index (χ3v) is 1.57. The SMILES string of the molecule is CCc1nccc2nnoc12. The van der Waals surface area contributed by atoms with E-state index in [4.69, 9.17) is 4.52 Å². The van der Waals surface area contributed by atoms with Gasteiger partial charge in [-0.1, -0.05) is 6.92 Å². The van der Waals surface area contributed by atoms with Gasteiger partial charge in [-0.05, 0) is 12.5 Å². The van der Waals surface area contributed by atoms with Gasteiger partial charge in [0.05, 0.1) is 5.69 Å². The summed E-state index contributed by atoms with van der Waals surface area (Å²) in [6.45, 7) is 2.02. The summed E-state index contributed by atoms with van der Waals surface area (Å²) in [4.78, 5) is 4.12. The monoisotopic (exact) mass is 149 g/mol. The molecule has 0 saturated carbocycles. The fourth-order valence-corrected chi connectivity index (χ4v) is 1.02. The Kier molecular flexibility index (Phi) is 1.31. The van der Waals surface area contributed by atoms with Crippen molar-refractivity contribution < 1.29 is 4.52 Å². The molecule has 0 bridgehead atoms. The average Bonchev–Trinajstić information content (AvgIpc) is 2.50. The van der Waals surface area contributed by atoms with E-state index in [0.717, 1.165) is 17.6 Å². The molecule has 0 radical (unpaired) electrons. The molecule has 2 aromatic heterocycles. The number of hydrogen-bond acceptors (Lipinski definition) is 4. The van der Waals surface area contributed by atoms with E-state index in [9.17, 15) is 0 Å². The first-order chi connectivity index (χ1) is 5.42. The largest absolute Gasteiger partial charge is 0.335 e. The summed E-state index contributed by atoms with van der Waals surface area (Å²) < 4.78 is 4.92. The van der Waals surface area contributed by atoms with Crippen LogP contribution in [0.25, 0.3) is 11.1 Å². The second kappa shape index (κ2) is 2.30. The standard InChI is InChI=1S/C7H7N3O/c1-2-5-7-6(3-4-8-5)9-10-11-7/h3-4H,2H2,1H3. The second-order valence-corrected chi connectivity index (χ2v) is 2.23. The van der Waals surface area contributed by atoms with Crippen LogP contribution in [0.15, 0.2) is 16.8 Å². The number of aryl methyl sites for hydroxylation is 1. The Morgan fingerprint density at radius 3 is 3.27 bits per heavy atom. The van der Waals surface area contributed by atoms with Gasteiger partial charge in [-0.25, -0.2) is 0 Å². The summed E-state index contributed by atoms with van der Waals surface area (Å²) in [5.74, 6) is 0. The summed E-state index contributed by atoms with van der Waals surface area (Å²) in [6, 6.07) is 1.78. The maximum absolute atomic E-state index is 4.92. The van der Waals surface area contributed by atoms with E-state index < -0.39 is 0 Å². The van der Waals surface area contributed by atoms with Gasteiger partial charge in [-0.3, -0.25) is 4.98 Å². The summed E-state index contributed by atoms with van der Waals surface area (Å²) in [5.41, 5.74) is 2.39. The van der Waals surface area contributed by atoms with Crippen LogP contribution < -0.4 is 0 Å². The first kappa shape index (κ1) is 6.27. The first-order valence-corrected chi connectivity index (χ1v) is 3.47. The molecule has 0 aliphatic heterocycles. The summed E-state index contributed by atoms with van der Waals surface area (Å²) in [7, 11) is 0. The Balaban J connectivity index is 2.79. The van der Waals surface area contributed by atoms with Crippen molar-refractivity contribution in [3.63, 3.8) is 0 Å². The highest BCUT2D eigenvalue weighted by atomic mass is 16.5. The smallest absolute Gasteiger partial charge is 0.208 e. The number of fused-ring (bicyclic) bond motifs is 1. The van der Waals surface area contributed by atoms with E-state index in [1.165, 1.54) is 0 Å². The van der Waals surface area contributed by atoms with Gasteiger partial charge in [-0.2, -0.15) is 0 Å². The zero-order valence-electron chi connectivity index (χ0n) is 6.11. The van der Waals surface area contributed by atoms with E-state index in [-0.39, 0.29) is 0 Å². The molecule has 0 fully saturated rings. The Labute approximate surface area is 63.2 Å². The second-order valence-electron chi connectivity index (χ2n) is 2.23. The molecule has 0 amide bonds. The lowest BCUT2D eigenvalue weighted by Gasteiger charge is -1.91. The summed E-state index contributed by atoms with van der Waals surface area (Å²) in [5, 5.41) is 7.22. The zero-order valence-corrected chi connectivity index (χ0v) is 6.11. The molecule has 0 aliphatic rings. The lowest BCUT2D eigenvalue weighted by Crippen LogP contribution is -1.85. The summed E-state index contributed by atoms with van der Waals surface area (Å²) in [6.07, 6.45) is 2.56. The molecule has 0 N–H and O–H groups in total. The average molecular weight is 149 g/mol. The zero-order chi connectivity index (χ0) is 7.68. The van der Waals surface area contributed by atoms with Crippen LogP contribution in [0, 0.1) is 0 Å². The Bertz CT molecular complexity index is 368. The van der Waals surface area contributed by atoms with Crippen LogP contribution in [0.3, 0.4) is 0 Å².